The Hall–Kier alpha value is -1.91. The summed E-state index contributed by atoms with van der Waals surface area (Å²) in [6.07, 6.45) is 0.562. The minimum Gasteiger partial charge on any atom is -0.423 e. The smallest absolute Gasteiger partial charge is 0.292 e. The van der Waals surface area contributed by atoms with Crippen LogP contribution in [0.25, 0.3) is 11.3 Å². The van der Waals surface area contributed by atoms with Crippen molar-refractivity contribution >= 4 is 6.01 Å². The number of rotatable bonds is 2. The molecule has 3 nitrogen and oxygen atoms in total. The molecule has 1 aromatic heterocycles. The third-order valence-corrected chi connectivity index (χ3v) is 2.22. The number of nitrogens with two attached hydrogens (primary N) is 1. The number of hydrogen-bond donors (Lipinski definition) is 1. The van der Waals surface area contributed by atoms with E-state index in [2.05, 4.69) is 4.98 Å². The Balaban J connectivity index is 2.57. The van der Waals surface area contributed by atoms with Gasteiger partial charge in [0.1, 0.15) is 11.6 Å². The molecule has 0 saturated heterocycles. The Morgan fingerprint density at radius 1 is 1.38 bits per heavy atom. The van der Waals surface area contributed by atoms with Crippen molar-refractivity contribution < 1.29 is 13.2 Å². The van der Waals surface area contributed by atoms with Crippen LogP contribution in [0.5, 0.6) is 0 Å². The van der Waals surface area contributed by atoms with Gasteiger partial charge in [0.25, 0.3) is 6.01 Å². The fourth-order valence-corrected chi connectivity index (χ4v) is 1.49. The molecule has 0 saturated carbocycles. The van der Waals surface area contributed by atoms with E-state index in [9.17, 15) is 8.78 Å². The van der Waals surface area contributed by atoms with E-state index in [1.54, 1.807) is 0 Å². The quantitative estimate of drug-likeness (QED) is 0.853. The topological polar surface area (TPSA) is 52.0 Å². The zero-order valence-corrected chi connectivity index (χ0v) is 8.63. The van der Waals surface area contributed by atoms with Gasteiger partial charge in [-0.2, -0.15) is 4.98 Å². The monoisotopic (exact) mass is 224 g/mol. The first kappa shape index (κ1) is 10.6. The summed E-state index contributed by atoms with van der Waals surface area (Å²) in [6.45, 7) is 1.85. The second kappa shape index (κ2) is 3.92. The van der Waals surface area contributed by atoms with Crippen LogP contribution in [-0.2, 0) is 6.42 Å². The highest BCUT2D eigenvalue weighted by atomic mass is 19.1. The minimum absolute atomic E-state index is 0.0180. The zero-order chi connectivity index (χ0) is 11.7. The molecule has 1 aromatic carbocycles. The fourth-order valence-electron chi connectivity index (χ4n) is 1.49. The lowest BCUT2D eigenvalue weighted by atomic mass is 10.1. The van der Waals surface area contributed by atoms with Gasteiger partial charge in [0.05, 0.1) is 11.3 Å². The molecule has 0 atom stereocenters. The van der Waals surface area contributed by atoms with Crippen LogP contribution in [0.3, 0.4) is 0 Å². The molecule has 84 valence electrons. The predicted octanol–water partition coefficient (Wildman–Crippen LogP) is 2.76. The van der Waals surface area contributed by atoms with Gasteiger partial charge in [0, 0.05) is 6.07 Å². The highest BCUT2D eigenvalue weighted by Gasteiger charge is 2.16. The SMILES string of the molecule is CCc1nc(N)oc1-c1ccc(F)cc1F. The Bertz CT molecular complexity index is 523. The van der Waals surface area contributed by atoms with Gasteiger partial charge in [-0.25, -0.2) is 8.78 Å². The van der Waals surface area contributed by atoms with Gasteiger partial charge in [-0.1, -0.05) is 6.92 Å². The first-order chi connectivity index (χ1) is 7.61. The van der Waals surface area contributed by atoms with Crippen LogP contribution in [0.1, 0.15) is 12.6 Å². The molecule has 0 aliphatic rings. The lowest BCUT2D eigenvalue weighted by Crippen LogP contribution is -1.89. The second-order valence-electron chi connectivity index (χ2n) is 3.31. The maximum absolute atomic E-state index is 13.5. The molecule has 0 spiro atoms. The Kier molecular flexibility index (Phi) is 2.60. The predicted molar refractivity (Wildman–Crippen MR) is 55.6 cm³/mol. The van der Waals surface area contributed by atoms with Gasteiger partial charge in [0.15, 0.2) is 5.76 Å². The van der Waals surface area contributed by atoms with E-state index in [1.807, 2.05) is 6.92 Å². The molecule has 2 rings (SSSR count). The van der Waals surface area contributed by atoms with E-state index in [0.29, 0.717) is 12.1 Å². The van der Waals surface area contributed by atoms with Crippen molar-refractivity contribution in [2.24, 2.45) is 0 Å². The van der Waals surface area contributed by atoms with Crippen molar-refractivity contribution in [2.45, 2.75) is 13.3 Å². The van der Waals surface area contributed by atoms with Crippen molar-refractivity contribution in [1.29, 1.82) is 0 Å². The normalized spacial score (nSPS) is 10.7. The third kappa shape index (κ3) is 1.76. The summed E-state index contributed by atoms with van der Waals surface area (Å²) in [4.78, 5) is 3.92. The van der Waals surface area contributed by atoms with E-state index in [1.165, 1.54) is 6.07 Å². The first-order valence-corrected chi connectivity index (χ1v) is 4.82. The van der Waals surface area contributed by atoms with E-state index < -0.39 is 11.6 Å². The molecular weight excluding hydrogens is 214 g/mol. The molecule has 2 aromatic rings. The van der Waals surface area contributed by atoms with Gasteiger partial charge in [0.2, 0.25) is 0 Å². The summed E-state index contributed by atoms with van der Waals surface area (Å²) >= 11 is 0. The molecule has 0 radical (unpaired) electrons. The lowest BCUT2D eigenvalue weighted by Gasteiger charge is -2.00. The van der Waals surface area contributed by atoms with E-state index in [4.69, 9.17) is 10.2 Å². The highest BCUT2D eigenvalue weighted by Crippen LogP contribution is 2.28. The number of oxazole rings is 1. The summed E-state index contributed by atoms with van der Waals surface area (Å²) in [7, 11) is 0. The summed E-state index contributed by atoms with van der Waals surface area (Å²) in [6, 6.07) is 3.25. The molecule has 0 aliphatic heterocycles. The molecule has 0 unspecified atom stereocenters. The van der Waals surface area contributed by atoms with E-state index in [0.717, 1.165) is 12.1 Å². The van der Waals surface area contributed by atoms with Crippen LogP contribution in [0, 0.1) is 11.6 Å². The molecule has 0 fully saturated rings. The van der Waals surface area contributed by atoms with Gasteiger partial charge in [-0.3, -0.25) is 0 Å². The van der Waals surface area contributed by atoms with Crippen LogP contribution in [0.15, 0.2) is 22.6 Å². The summed E-state index contributed by atoms with van der Waals surface area (Å²) < 4.78 is 31.3. The van der Waals surface area contributed by atoms with Crippen molar-refractivity contribution in [3.8, 4) is 11.3 Å². The standard InChI is InChI=1S/C11H10F2N2O/c1-2-9-10(16-11(14)15-9)7-4-3-6(12)5-8(7)13/h3-5H,2H2,1H3,(H2,14,15). The van der Waals surface area contributed by atoms with Crippen LogP contribution in [0.4, 0.5) is 14.8 Å². The number of benzene rings is 1. The number of aryl methyl sites for hydroxylation is 1. The average molecular weight is 224 g/mol. The second-order valence-corrected chi connectivity index (χ2v) is 3.31. The zero-order valence-electron chi connectivity index (χ0n) is 8.63. The van der Waals surface area contributed by atoms with Gasteiger partial charge < -0.3 is 10.2 Å². The van der Waals surface area contributed by atoms with Gasteiger partial charge in [-0.05, 0) is 18.6 Å². The molecule has 0 amide bonds. The van der Waals surface area contributed by atoms with Crippen LogP contribution in [-0.4, -0.2) is 4.98 Å². The summed E-state index contributed by atoms with van der Waals surface area (Å²) in [5.74, 6) is -1.06. The third-order valence-electron chi connectivity index (χ3n) is 2.22. The average Bonchev–Trinajstić information content (AvgIpc) is 2.59. The van der Waals surface area contributed by atoms with Crippen molar-refractivity contribution in [3.05, 3.63) is 35.5 Å². The largest absolute Gasteiger partial charge is 0.423 e. The maximum atomic E-state index is 13.5. The molecule has 0 bridgehead atoms. The van der Waals surface area contributed by atoms with Crippen LogP contribution >= 0.6 is 0 Å². The number of nitrogen functional groups attached to an aromatic ring is 1. The van der Waals surface area contributed by atoms with Crippen molar-refractivity contribution in [2.75, 3.05) is 5.73 Å². The summed E-state index contributed by atoms with van der Waals surface area (Å²) in [5, 5.41) is 0. The molecule has 0 aliphatic carbocycles. The molecule has 1 heterocycles. The Morgan fingerprint density at radius 3 is 2.75 bits per heavy atom. The highest BCUT2D eigenvalue weighted by molar-refractivity contribution is 5.61. The van der Waals surface area contributed by atoms with Crippen LogP contribution in [0.2, 0.25) is 0 Å². The number of halogens is 2. The Labute approximate surface area is 90.9 Å². The lowest BCUT2D eigenvalue weighted by molar-refractivity contribution is 0.565. The minimum atomic E-state index is -0.689. The molecule has 5 heteroatoms. The number of nitrogens with zero attached hydrogens (tertiary/aromatic N) is 1. The Morgan fingerprint density at radius 2 is 2.12 bits per heavy atom. The fraction of sp³-hybridized carbons (Fsp3) is 0.182. The molecule has 16 heavy (non-hydrogen) atoms. The van der Waals surface area contributed by atoms with Crippen molar-refractivity contribution in [3.63, 3.8) is 0 Å². The van der Waals surface area contributed by atoms with E-state index in [-0.39, 0.29) is 17.3 Å². The first-order valence-electron chi connectivity index (χ1n) is 4.82. The number of aromatic nitrogens is 1. The number of anilines is 1. The van der Waals surface area contributed by atoms with Gasteiger partial charge >= 0.3 is 0 Å². The maximum Gasteiger partial charge on any atom is 0.292 e. The van der Waals surface area contributed by atoms with Crippen molar-refractivity contribution in [1.82, 2.24) is 4.98 Å². The summed E-state index contributed by atoms with van der Waals surface area (Å²) in [5.41, 5.74) is 6.13. The number of hydrogen-bond acceptors (Lipinski definition) is 3. The molecule has 2 N–H and O–H groups in total. The van der Waals surface area contributed by atoms with Crippen LogP contribution < -0.4 is 5.73 Å². The molecular formula is C11H10F2N2O. The van der Waals surface area contributed by atoms with E-state index >= 15 is 0 Å². The van der Waals surface area contributed by atoms with Gasteiger partial charge in [-0.15, -0.1) is 0 Å².